The third kappa shape index (κ3) is 2.61. The molecule has 1 aromatic carbocycles. The van der Waals surface area contributed by atoms with Gasteiger partial charge in [0.05, 0.1) is 11.1 Å². The van der Waals surface area contributed by atoms with Gasteiger partial charge in [-0.05, 0) is 29.8 Å². The number of nitrogens with one attached hydrogen (secondary N) is 1. The highest BCUT2D eigenvalue weighted by Gasteiger charge is 2.04. The van der Waals surface area contributed by atoms with Crippen molar-refractivity contribution in [2.45, 2.75) is 6.54 Å². The number of hydrogen-bond donors (Lipinski definition) is 1. The lowest BCUT2D eigenvalue weighted by atomic mass is 10.1. The Balaban J connectivity index is 2.14. The molecular weight excluding hydrogens is 250 g/mol. The Hall–Kier alpha value is -3.23. The quantitative estimate of drug-likeness (QED) is 0.917. The molecule has 1 N–H and O–H groups in total. The second-order valence-corrected chi connectivity index (χ2v) is 4.29. The van der Waals surface area contributed by atoms with E-state index in [1.54, 1.807) is 22.8 Å². The summed E-state index contributed by atoms with van der Waals surface area (Å²) in [5, 5.41) is 29.9. The first-order chi connectivity index (χ1) is 9.67. The predicted octanol–water partition coefficient (Wildman–Crippen LogP) is 2.25. The topological polar surface area (TPSA) is 88.3 Å². The summed E-state index contributed by atoms with van der Waals surface area (Å²) < 4.78 is 1.76. The molecule has 20 heavy (non-hydrogen) atoms. The van der Waals surface area contributed by atoms with Crippen molar-refractivity contribution in [3.8, 4) is 18.2 Å². The SMILES string of the molecule is Cn1cc(CNc2ccc(C#N)c(C#N)c2)cc1C#N. The molecule has 0 saturated heterocycles. The van der Waals surface area contributed by atoms with Crippen molar-refractivity contribution in [1.82, 2.24) is 4.57 Å². The maximum Gasteiger partial charge on any atom is 0.120 e. The summed E-state index contributed by atoms with van der Waals surface area (Å²) in [6.07, 6.45) is 1.88. The summed E-state index contributed by atoms with van der Waals surface area (Å²) >= 11 is 0. The Morgan fingerprint density at radius 3 is 2.40 bits per heavy atom. The second kappa shape index (κ2) is 5.61. The summed E-state index contributed by atoms with van der Waals surface area (Å²) in [4.78, 5) is 0. The fraction of sp³-hybridized carbons (Fsp3) is 0.133. The van der Waals surface area contributed by atoms with Crippen molar-refractivity contribution in [1.29, 1.82) is 15.8 Å². The van der Waals surface area contributed by atoms with Crippen molar-refractivity contribution >= 4 is 5.69 Å². The van der Waals surface area contributed by atoms with E-state index >= 15 is 0 Å². The molecule has 0 fully saturated rings. The molecule has 2 rings (SSSR count). The first-order valence-electron chi connectivity index (χ1n) is 5.91. The van der Waals surface area contributed by atoms with Crippen LogP contribution in [0.25, 0.3) is 0 Å². The van der Waals surface area contributed by atoms with Crippen LogP contribution >= 0.6 is 0 Å². The standard InChI is InChI=1S/C15H11N5/c1-20-10-11(4-15(20)8-18)9-19-14-3-2-12(6-16)13(5-14)7-17/h2-5,10,19H,9H2,1H3. The van der Waals surface area contributed by atoms with E-state index in [0.717, 1.165) is 11.3 Å². The molecule has 5 heteroatoms. The molecule has 0 spiro atoms. The van der Waals surface area contributed by atoms with E-state index in [9.17, 15) is 0 Å². The van der Waals surface area contributed by atoms with E-state index in [1.165, 1.54) is 0 Å². The smallest absolute Gasteiger partial charge is 0.120 e. The summed E-state index contributed by atoms with van der Waals surface area (Å²) in [7, 11) is 1.82. The highest BCUT2D eigenvalue weighted by Crippen LogP contribution is 2.16. The lowest BCUT2D eigenvalue weighted by Gasteiger charge is -2.05. The van der Waals surface area contributed by atoms with Crippen LogP contribution in [0.1, 0.15) is 22.4 Å². The molecule has 5 nitrogen and oxygen atoms in total. The molecule has 2 aromatic rings. The molecule has 0 saturated carbocycles. The van der Waals surface area contributed by atoms with E-state index in [2.05, 4.69) is 11.4 Å². The maximum absolute atomic E-state index is 8.96. The van der Waals surface area contributed by atoms with E-state index in [1.807, 2.05) is 31.4 Å². The van der Waals surface area contributed by atoms with Gasteiger partial charge in [0.2, 0.25) is 0 Å². The lowest BCUT2D eigenvalue weighted by molar-refractivity contribution is 0.902. The zero-order valence-corrected chi connectivity index (χ0v) is 10.9. The molecule has 0 aliphatic carbocycles. The molecule has 0 unspecified atom stereocenters. The van der Waals surface area contributed by atoms with Crippen molar-refractivity contribution < 1.29 is 0 Å². The largest absolute Gasteiger partial charge is 0.381 e. The minimum absolute atomic E-state index is 0.350. The summed E-state index contributed by atoms with van der Waals surface area (Å²) in [5.74, 6) is 0. The van der Waals surface area contributed by atoms with Crippen LogP contribution in [-0.4, -0.2) is 4.57 Å². The van der Waals surface area contributed by atoms with Gasteiger partial charge in [0, 0.05) is 25.5 Å². The number of nitriles is 3. The zero-order valence-electron chi connectivity index (χ0n) is 10.9. The average molecular weight is 261 g/mol. The first kappa shape index (κ1) is 13.2. The Morgan fingerprint density at radius 2 is 1.80 bits per heavy atom. The third-order valence-electron chi connectivity index (χ3n) is 2.93. The van der Waals surface area contributed by atoms with E-state index in [4.69, 9.17) is 15.8 Å². The highest BCUT2D eigenvalue weighted by atomic mass is 14.9. The third-order valence-corrected chi connectivity index (χ3v) is 2.93. The fourth-order valence-corrected chi connectivity index (χ4v) is 1.89. The lowest BCUT2D eigenvalue weighted by Crippen LogP contribution is -1.99. The van der Waals surface area contributed by atoms with E-state index in [-0.39, 0.29) is 0 Å². The second-order valence-electron chi connectivity index (χ2n) is 4.29. The Kier molecular flexibility index (Phi) is 3.70. The Bertz CT molecular complexity index is 765. The summed E-state index contributed by atoms with van der Waals surface area (Å²) in [6.45, 7) is 0.548. The van der Waals surface area contributed by atoms with Gasteiger partial charge in [-0.25, -0.2) is 0 Å². The maximum atomic E-state index is 8.96. The van der Waals surface area contributed by atoms with E-state index < -0.39 is 0 Å². The Labute approximate surface area is 116 Å². The van der Waals surface area contributed by atoms with Crippen LogP contribution in [0.2, 0.25) is 0 Å². The van der Waals surface area contributed by atoms with Crippen molar-refractivity contribution in [3.05, 3.63) is 52.8 Å². The van der Waals surface area contributed by atoms with Gasteiger partial charge in [-0.2, -0.15) is 15.8 Å². The molecule has 0 radical (unpaired) electrons. The van der Waals surface area contributed by atoms with E-state index in [0.29, 0.717) is 23.4 Å². The number of nitrogens with zero attached hydrogens (tertiary/aromatic N) is 4. The van der Waals surface area contributed by atoms with Gasteiger partial charge < -0.3 is 9.88 Å². The van der Waals surface area contributed by atoms with Crippen molar-refractivity contribution in [2.24, 2.45) is 7.05 Å². The molecule has 0 amide bonds. The molecule has 0 bridgehead atoms. The zero-order chi connectivity index (χ0) is 14.5. The van der Waals surface area contributed by atoms with Crippen molar-refractivity contribution in [2.75, 3.05) is 5.32 Å². The van der Waals surface area contributed by atoms with Gasteiger partial charge in [0.25, 0.3) is 0 Å². The average Bonchev–Trinajstić information content (AvgIpc) is 2.85. The van der Waals surface area contributed by atoms with Crippen LogP contribution in [0.3, 0.4) is 0 Å². The van der Waals surface area contributed by atoms with Gasteiger partial charge in [-0.1, -0.05) is 0 Å². The minimum atomic E-state index is 0.350. The number of anilines is 1. The predicted molar refractivity (Wildman–Crippen MR) is 73.3 cm³/mol. The molecule has 1 aromatic heterocycles. The summed E-state index contributed by atoms with van der Waals surface area (Å²) in [6, 6.07) is 12.9. The number of aryl methyl sites for hydroxylation is 1. The van der Waals surface area contributed by atoms with Gasteiger partial charge in [0.15, 0.2) is 0 Å². The van der Waals surface area contributed by atoms with Gasteiger partial charge in [0.1, 0.15) is 23.9 Å². The normalized spacial score (nSPS) is 9.30. The number of hydrogen-bond acceptors (Lipinski definition) is 4. The number of rotatable bonds is 3. The molecule has 0 aliphatic rings. The van der Waals surface area contributed by atoms with Gasteiger partial charge in [-0.15, -0.1) is 0 Å². The van der Waals surface area contributed by atoms with Gasteiger partial charge in [-0.3, -0.25) is 0 Å². The molecule has 0 atom stereocenters. The van der Waals surface area contributed by atoms with Crippen LogP contribution in [0, 0.1) is 34.0 Å². The minimum Gasteiger partial charge on any atom is -0.381 e. The Morgan fingerprint density at radius 1 is 1.05 bits per heavy atom. The van der Waals surface area contributed by atoms with Crippen LogP contribution in [0.15, 0.2) is 30.5 Å². The number of aromatic nitrogens is 1. The van der Waals surface area contributed by atoms with Crippen LogP contribution < -0.4 is 5.32 Å². The molecule has 96 valence electrons. The number of benzene rings is 1. The molecular formula is C15H11N5. The van der Waals surface area contributed by atoms with Gasteiger partial charge >= 0.3 is 0 Å². The van der Waals surface area contributed by atoms with Crippen LogP contribution in [0.5, 0.6) is 0 Å². The highest BCUT2D eigenvalue weighted by molar-refractivity contribution is 5.56. The summed E-state index contributed by atoms with van der Waals surface area (Å²) in [5.41, 5.74) is 3.06. The molecule has 0 aliphatic heterocycles. The van der Waals surface area contributed by atoms with Crippen LogP contribution in [0.4, 0.5) is 5.69 Å². The first-order valence-corrected chi connectivity index (χ1v) is 5.91. The van der Waals surface area contributed by atoms with Crippen LogP contribution in [-0.2, 0) is 13.6 Å². The van der Waals surface area contributed by atoms with Crippen molar-refractivity contribution in [3.63, 3.8) is 0 Å². The monoisotopic (exact) mass is 261 g/mol. The fourth-order valence-electron chi connectivity index (χ4n) is 1.89. The molecule has 1 heterocycles.